The zero-order valence-electron chi connectivity index (χ0n) is 17.6. The van der Waals surface area contributed by atoms with E-state index in [-0.39, 0.29) is 5.91 Å². The summed E-state index contributed by atoms with van der Waals surface area (Å²) in [5.41, 5.74) is 2.03. The summed E-state index contributed by atoms with van der Waals surface area (Å²) in [7, 11) is -3.70. The van der Waals surface area contributed by atoms with Gasteiger partial charge in [-0.1, -0.05) is 28.1 Å². The van der Waals surface area contributed by atoms with Crippen molar-refractivity contribution in [1.82, 2.24) is 4.90 Å². The summed E-state index contributed by atoms with van der Waals surface area (Å²) in [6.45, 7) is 2.85. The summed E-state index contributed by atoms with van der Waals surface area (Å²) in [5.74, 6) is -0.649. The lowest BCUT2D eigenvalue weighted by molar-refractivity contribution is -0.114. The summed E-state index contributed by atoms with van der Waals surface area (Å²) in [4.78, 5) is 27.5. The van der Waals surface area contributed by atoms with E-state index in [0.717, 1.165) is 39.9 Å². The number of likely N-dealkylation sites (tertiary alicyclic amines) is 1. The van der Waals surface area contributed by atoms with Crippen molar-refractivity contribution < 1.29 is 18.0 Å². The van der Waals surface area contributed by atoms with Crippen molar-refractivity contribution in [3.8, 4) is 0 Å². The van der Waals surface area contributed by atoms with Crippen molar-refractivity contribution in [3.63, 3.8) is 0 Å². The van der Waals surface area contributed by atoms with Crippen LogP contribution in [-0.4, -0.2) is 51.0 Å². The third kappa shape index (κ3) is 5.86. The van der Waals surface area contributed by atoms with E-state index in [1.165, 1.54) is 0 Å². The average Bonchev–Trinajstić information content (AvgIpc) is 2.74. The molecule has 1 N–H and O–H groups in total. The van der Waals surface area contributed by atoms with E-state index in [1.54, 1.807) is 47.4 Å². The standard InChI is InChI=1S/C22H26BrN3O4S/c1-16-14-17(10-11-19(16)23)26(31(2,29)30)15-21(27)24-20-9-5-4-8-18(20)22(28)25-12-6-3-7-13-25/h4-5,8-11,14H,3,6-7,12-13,15H2,1-2H3,(H,24,27). The van der Waals surface area contributed by atoms with E-state index >= 15 is 0 Å². The van der Waals surface area contributed by atoms with Gasteiger partial charge < -0.3 is 10.2 Å². The number of carbonyl (C=O) groups is 2. The Hall–Kier alpha value is -2.39. The van der Waals surface area contributed by atoms with Gasteiger partial charge in [-0.2, -0.15) is 0 Å². The van der Waals surface area contributed by atoms with Crippen LogP contribution in [0.25, 0.3) is 0 Å². The Morgan fingerprint density at radius 3 is 2.42 bits per heavy atom. The fraction of sp³-hybridized carbons (Fsp3) is 0.364. The highest BCUT2D eigenvalue weighted by atomic mass is 79.9. The summed E-state index contributed by atoms with van der Waals surface area (Å²) in [5, 5.41) is 2.73. The molecule has 1 aliphatic rings. The molecule has 0 saturated carbocycles. The van der Waals surface area contributed by atoms with Crippen molar-refractivity contribution in [2.75, 3.05) is 35.5 Å². The quantitative estimate of drug-likeness (QED) is 0.644. The Bertz CT molecular complexity index is 1080. The van der Waals surface area contributed by atoms with Crippen LogP contribution in [0.1, 0.15) is 35.2 Å². The molecule has 0 spiro atoms. The van der Waals surface area contributed by atoms with E-state index < -0.39 is 22.5 Å². The summed E-state index contributed by atoms with van der Waals surface area (Å²) in [6, 6.07) is 11.9. The Kier molecular flexibility index (Phi) is 7.38. The topological polar surface area (TPSA) is 86.8 Å². The number of amides is 2. The van der Waals surface area contributed by atoms with Gasteiger partial charge in [-0.15, -0.1) is 0 Å². The predicted octanol–water partition coefficient (Wildman–Crippen LogP) is 3.79. The second-order valence-electron chi connectivity index (χ2n) is 7.65. The van der Waals surface area contributed by atoms with Crippen LogP contribution in [-0.2, 0) is 14.8 Å². The summed E-state index contributed by atoms with van der Waals surface area (Å²) < 4.78 is 26.6. The maximum Gasteiger partial charge on any atom is 0.255 e. The van der Waals surface area contributed by atoms with Gasteiger partial charge in [-0.25, -0.2) is 8.42 Å². The van der Waals surface area contributed by atoms with Crippen molar-refractivity contribution in [3.05, 3.63) is 58.1 Å². The van der Waals surface area contributed by atoms with Crippen molar-refractivity contribution in [1.29, 1.82) is 0 Å². The number of para-hydroxylation sites is 1. The molecule has 2 aromatic rings. The number of hydrogen-bond acceptors (Lipinski definition) is 4. The highest BCUT2D eigenvalue weighted by Gasteiger charge is 2.24. The van der Waals surface area contributed by atoms with Gasteiger partial charge in [0.15, 0.2) is 0 Å². The molecule has 0 bridgehead atoms. The van der Waals surface area contributed by atoms with Gasteiger partial charge in [-0.05, 0) is 62.1 Å². The van der Waals surface area contributed by atoms with E-state index in [2.05, 4.69) is 21.2 Å². The van der Waals surface area contributed by atoms with Crippen LogP contribution in [0.5, 0.6) is 0 Å². The van der Waals surface area contributed by atoms with Crippen molar-refractivity contribution in [2.45, 2.75) is 26.2 Å². The van der Waals surface area contributed by atoms with E-state index in [4.69, 9.17) is 0 Å². The molecule has 2 aromatic carbocycles. The molecule has 0 atom stereocenters. The maximum atomic E-state index is 12.9. The molecule has 9 heteroatoms. The lowest BCUT2D eigenvalue weighted by Gasteiger charge is -2.27. The molecule has 1 fully saturated rings. The summed E-state index contributed by atoms with van der Waals surface area (Å²) >= 11 is 3.40. The van der Waals surface area contributed by atoms with Gasteiger partial charge in [-0.3, -0.25) is 13.9 Å². The number of nitrogens with one attached hydrogen (secondary N) is 1. The van der Waals surface area contributed by atoms with E-state index in [0.29, 0.717) is 30.0 Å². The number of benzene rings is 2. The zero-order chi connectivity index (χ0) is 22.6. The van der Waals surface area contributed by atoms with Crippen molar-refractivity contribution >= 4 is 49.1 Å². The lowest BCUT2D eigenvalue weighted by atomic mass is 10.1. The molecule has 7 nitrogen and oxygen atoms in total. The number of carbonyl (C=O) groups excluding carboxylic acids is 2. The zero-order valence-corrected chi connectivity index (χ0v) is 20.0. The minimum absolute atomic E-state index is 0.126. The van der Waals surface area contributed by atoms with Crippen LogP contribution < -0.4 is 9.62 Å². The normalized spacial score (nSPS) is 14.2. The number of piperidine rings is 1. The SMILES string of the molecule is Cc1cc(N(CC(=O)Nc2ccccc2C(=O)N2CCCCC2)S(C)(=O)=O)ccc1Br. The molecular formula is C22H26BrN3O4S. The predicted molar refractivity (Wildman–Crippen MR) is 126 cm³/mol. The first-order valence-electron chi connectivity index (χ1n) is 10.1. The Labute approximate surface area is 191 Å². The van der Waals surface area contributed by atoms with Crippen LogP contribution in [0.2, 0.25) is 0 Å². The second kappa shape index (κ2) is 9.82. The first-order valence-corrected chi connectivity index (χ1v) is 12.7. The first kappa shape index (κ1) is 23.3. The summed E-state index contributed by atoms with van der Waals surface area (Å²) in [6.07, 6.45) is 4.11. The van der Waals surface area contributed by atoms with Gasteiger partial charge in [0.1, 0.15) is 6.54 Å². The third-order valence-electron chi connectivity index (χ3n) is 5.19. The number of sulfonamides is 1. The van der Waals surface area contributed by atoms with Gasteiger partial charge in [0.2, 0.25) is 15.9 Å². The molecule has 0 aliphatic carbocycles. The Balaban J connectivity index is 1.80. The molecule has 1 aliphatic heterocycles. The van der Waals surface area contributed by atoms with Crippen LogP contribution in [0.3, 0.4) is 0 Å². The molecule has 31 heavy (non-hydrogen) atoms. The minimum Gasteiger partial charge on any atom is -0.339 e. The van der Waals surface area contributed by atoms with Gasteiger partial charge in [0, 0.05) is 17.6 Å². The monoisotopic (exact) mass is 507 g/mol. The first-order chi connectivity index (χ1) is 14.7. The van der Waals surface area contributed by atoms with E-state index in [9.17, 15) is 18.0 Å². The van der Waals surface area contributed by atoms with Crippen LogP contribution in [0, 0.1) is 6.92 Å². The van der Waals surface area contributed by atoms with Crippen molar-refractivity contribution in [2.24, 2.45) is 0 Å². The van der Waals surface area contributed by atoms with Gasteiger partial charge >= 0.3 is 0 Å². The molecule has 0 unspecified atom stereocenters. The highest BCUT2D eigenvalue weighted by molar-refractivity contribution is 9.10. The Morgan fingerprint density at radius 2 is 1.77 bits per heavy atom. The molecule has 3 rings (SSSR count). The average molecular weight is 508 g/mol. The molecule has 166 valence electrons. The van der Waals surface area contributed by atoms with Gasteiger partial charge in [0.05, 0.1) is 23.2 Å². The number of anilines is 2. The molecule has 1 saturated heterocycles. The number of aryl methyl sites for hydroxylation is 1. The molecule has 1 heterocycles. The lowest BCUT2D eigenvalue weighted by Crippen LogP contribution is -2.38. The molecule has 2 amide bonds. The largest absolute Gasteiger partial charge is 0.339 e. The van der Waals surface area contributed by atoms with Crippen LogP contribution in [0.4, 0.5) is 11.4 Å². The molecular weight excluding hydrogens is 482 g/mol. The van der Waals surface area contributed by atoms with E-state index in [1.807, 2.05) is 6.92 Å². The van der Waals surface area contributed by atoms with Crippen LogP contribution >= 0.6 is 15.9 Å². The number of hydrogen-bond donors (Lipinski definition) is 1. The minimum atomic E-state index is -3.70. The number of halogens is 1. The Morgan fingerprint density at radius 1 is 1.10 bits per heavy atom. The number of rotatable bonds is 6. The fourth-order valence-corrected chi connectivity index (χ4v) is 4.65. The maximum absolute atomic E-state index is 12.9. The third-order valence-corrected chi connectivity index (χ3v) is 7.22. The van der Waals surface area contributed by atoms with Gasteiger partial charge in [0.25, 0.3) is 5.91 Å². The highest BCUT2D eigenvalue weighted by Crippen LogP contribution is 2.25. The molecule has 0 aromatic heterocycles. The smallest absolute Gasteiger partial charge is 0.255 e. The van der Waals surface area contributed by atoms with Crippen LogP contribution in [0.15, 0.2) is 46.9 Å². The second-order valence-corrected chi connectivity index (χ2v) is 10.4. The molecule has 0 radical (unpaired) electrons. The fourth-order valence-electron chi connectivity index (χ4n) is 3.55. The number of nitrogens with zero attached hydrogens (tertiary/aromatic N) is 2.